The fourth-order valence-corrected chi connectivity index (χ4v) is 3.07. The van der Waals surface area contributed by atoms with Crippen molar-refractivity contribution in [2.75, 3.05) is 6.26 Å². The Kier molecular flexibility index (Phi) is 3.98. The smallest absolute Gasteiger partial charge is 0.159 e. The lowest BCUT2D eigenvalue weighted by molar-refractivity contribution is 0.504. The molecule has 0 fully saturated rings. The molecule has 0 spiro atoms. The predicted molar refractivity (Wildman–Crippen MR) is 66.9 cm³/mol. The van der Waals surface area contributed by atoms with E-state index in [0.29, 0.717) is 5.56 Å². The second-order valence-corrected chi connectivity index (χ2v) is 7.92. The maximum Gasteiger partial charge on any atom is 0.159 e. The fraction of sp³-hybridized carbons (Fsp3) is 0.455. The highest BCUT2D eigenvalue weighted by Crippen LogP contribution is 2.39. The van der Waals surface area contributed by atoms with E-state index < -0.39 is 31.0 Å². The first-order chi connectivity index (χ1) is 7.57. The van der Waals surface area contributed by atoms with Gasteiger partial charge in [0.2, 0.25) is 0 Å². The summed E-state index contributed by atoms with van der Waals surface area (Å²) in [4.78, 5) is -0.611. The number of hydrogen-bond donors (Lipinski definition) is 0. The molecule has 0 heterocycles. The van der Waals surface area contributed by atoms with E-state index in [4.69, 9.17) is 0 Å². The topological polar surface area (TPSA) is 34.1 Å². The van der Waals surface area contributed by atoms with Crippen molar-refractivity contribution in [1.82, 2.24) is 0 Å². The normalized spacial score (nSPS) is 14.7. The van der Waals surface area contributed by atoms with Gasteiger partial charge in [-0.1, -0.05) is 22.0 Å². The Morgan fingerprint density at radius 2 is 1.76 bits per heavy atom. The molecule has 1 rings (SSSR count). The summed E-state index contributed by atoms with van der Waals surface area (Å²) in [6, 6.07) is 3.35. The van der Waals surface area contributed by atoms with Crippen LogP contribution in [0.1, 0.15) is 24.2 Å². The molecule has 1 aromatic rings. The van der Waals surface area contributed by atoms with Gasteiger partial charge < -0.3 is 0 Å². The first-order valence-corrected chi connectivity index (χ1v) is 7.66. The van der Waals surface area contributed by atoms with Gasteiger partial charge in [0.1, 0.15) is 0 Å². The molecule has 0 saturated heterocycles. The van der Waals surface area contributed by atoms with E-state index in [0.717, 1.165) is 18.4 Å². The quantitative estimate of drug-likeness (QED) is 0.799. The first-order valence-electron chi connectivity index (χ1n) is 4.86. The highest BCUT2D eigenvalue weighted by atomic mass is 79.9. The van der Waals surface area contributed by atoms with Crippen LogP contribution in [0.15, 0.2) is 18.2 Å². The molecular formula is C11H13BrF2O2S. The molecule has 0 saturated carbocycles. The molecule has 0 aromatic heterocycles. The Bertz CT molecular complexity index is 526. The maximum absolute atomic E-state index is 13.1. The van der Waals surface area contributed by atoms with Gasteiger partial charge in [0.05, 0.1) is 9.57 Å². The predicted octanol–water partition coefficient (Wildman–Crippen LogP) is 3.22. The number of sulfone groups is 1. The van der Waals surface area contributed by atoms with Crippen LogP contribution in [0, 0.1) is 11.6 Å². The number of hydrogen-bond acceptors (Lipinski definition) is 2. The van der Waals surface area contributed by atoms with Crippen molar-refractivity contribution in [1.29, 1.82) is 0 Å². The molecule has 0 radical (unpaired) electrons. The molecule has 96 valence electrons. The van der Waals surface area contributed by atoms with E-state index >= 15 is 0 Å². The van der Waals surface area contributed by atoms with Gasteiger partial charge in [0, 0.05) is 6.26 Å². The fourth-order valence-electron chi connectivity index (χ4n) is 1.26. The molecule has 0 aliphatic heterocycles. The summed E-state index contributed by atoms with van der Waals surface area (Å²) in [5.41, 5.74) is 0.388. The van der Waals surface area contributed by atoms with Crippen LogP contribution in [-0.4, -0.2) is 19.4 Å². The largest absolute Gasteiger partial charge is 0.229 e. The van der Waals surface area contributed by atoms with Crippen molar-refractivity contribution >= 4 is 25.8 Å². The van der Waals surface area contributed by atoms with E-state index in [2.05, 4.69) is 15.9 Å². The zero-order valence-corrected chi connectivity index (χ0v) is 12.1. The third kappa shape index (κ3) is 2.85. The van der Waals surface area contributed by atoms with Crippen molar-refractivity contribution in [3.8, 4) is 0 Å². The Labute approximate surface area is 108 Å². The minimum absolute atomic E-state index is 0.388. The average molecular weight is 327 g/mol. The second kappa shape index (κ2) is 4.65. The lowest BCUT2D eigenvalue weighted by Crippen LogP contribution is -2.35. The van der Waals surface area contributed by atoms with E-state index in [-0.39, 0.29) is 0 Å². The number of benzene rings is 1. The first kappa shape index (κ1) is 14.6. The summed E-state index contributed by atoms with van der Waals surface area (Å²) in [6.07, 6.45) is 1.11. The monoisotopic (exact) mass is 326 g/mol. The Morgan fingerprint density at radius 1 is 1.24 bits per heavy atom. The summed E-state index contributed by atoms with van der Waals surface area (Å²) in [5.74, 6) is -1.94. The Balaban J connectivity index is 3.21. The molecule has 1 unspecified atom stereocenters. The van der Waals surface area contributed by atoms with E-state index in [1.165, 1.54) is 19.9 Å². The number of alkyl halides is 1. The van der Waals surface area contributed by atoms with Crippen molar-refractivity contribution < 1.29 is 17.2 Å². The molecule has 1 aromatic carbocycles. The van der Waals surface area contributed by atoms with Crippen molar-refractivity contribution in [3.05, 3.63) is 35.4 Å². The highest BCUT2D eigenvalue weighted by Gasteiger charge is 2.38. The maximum atomic E-state index is 13.1. The summed E-state index contributed by atoms with van der Waals surface area (Å²) < 4.78 is 48.0. The molecule has 2 nitrogen and oxygen atoms in total. The lowest BCUT2D eigenvalue weighted by atomic mass is 10.0. The minimum Gasteiger partial charge on any atom is -0.229 e. The van der Waals surface area contributed by atoms with Gasteiger partial charge in [-0.25, -0.2) is 17.2 Å². The molecule has 6 heteroatoms. The minimum atomic E-state index is -3.34. The van der Waals surface area contributed by atoms with Crippen LogP contribution in [0.3, 0.4) is 0 Å². The molecule has 0 amide bonds. The van der Waals surface area contributed by atoms with Crippen molar-refractivity contribution in [3.63, 3.8) is 0 Å². The summed E-state index contributed by atoms with van der Waals surface area (Å²) in [6.45, 7) is 3.06. The van der Waals surface area contributed by atoms with Crippen LogP contribution in [0.4, 0.5) is 8.78 Å². The second-order valence-electron chi connectivity index (χ2n) is 4.41. The van der Waals surface area contributed by atoms with Gasteiger partial charge in [-0.2, -0.15) is 0 Å². The van der Waals surface area contributed by atoms with Gasteiger partial charge in [-0.15, -0.1) is 0 Å². The number of rotatable bonds is 3. The summed E-state index contributed by atoms with van der Waals surface area (Å²) >= 11 is 3.23. The molecule has 0 bridgehead atoms. The van der Waals surface area contributed by atoms with Crippen LogP contribution in [-0.2, 0) is 9.84 Å². The average Bonchev–Trinajstić information content (AvgIpc) is 2.19. The standard InChI is InChI=1S/C11H13BrF2O2S/c1-11(2,17(3,15)16)10(12)7-4-5-8(13)9(14)6-7/h4-6,10H,1-3H3. The molecule has 0 N–H and O–H groups in total. The van der Waals surface area contributed by atoms with Gasteiger partial charge >= 0.3 is 0 Å². The van der Waals surface area contributed by atoms with Gasteiger partial charge in [0.15, 0.2) is 21.5 Å². The Hall–Kier alpha value is -0.490. The SMILES string of the molecule is CC(C)(C(Br)c1ccc(F)c(F)c1)S(C)(=O)=O. The molecule has 17 heavy (non-hydrogen) atoms. The van der Waals surface area contributed by atoms with E-state index in [1.807, 2.05) is 0 Å². The van der Waals surface area contributed by atoms with Gasteiger partial charge in [-0.3, -0.25) is 0 Å². The summed E-state index contributed by atoms with van der Waals surface area (Å²) in [5, 5.41) is 0. The third-order valence-electron chi connectivity index (χ3n) is 2.80. The molecule has 1 atom stereocenters. The molecule has 0 aliphatic rings. The Morgan fingerprint density at radius 3 is 2.18 bits per heavy atom. The van der Waals surface area contributed by atoms with Crippen molar-refractivity contribution in [2.24, 2.45) is 0 Å². The van der Waals surface area contributed by atoms with Crippen LogP contribution in [0.5, 0.6) is 0 Å². The molecular weight excluding hydrogens is 314 g/mol. The van der Waals surface area contributed by atoms with Crippen LogP contribution >= 0.6 is 15.9 Å². The van der Waals surface area contributed by atoms with E-state index in [1.54, 1.807) is 0 Å². The van der Waals surface area contributed by atoms with E-state index in [9.17, 15) is 17.2 Å². The molecule has 0 aliphatic carbocycles. The van der Waals surface area contributed by atoms with Gasteiger partial charge in [0.25, 0.3) is 0 Å². The number of halogens is 3. The zero-order valence-electron chi connectivity index (χ0n) is 9.67. The van der Waals surface area contributed by atoms with Crippen LogP contribution in [0.25, 0.3) is 0 Å². The van der Waals surface area contributed by atoms with Crippen LogP contribution < -0.4 is 0 Å². The zero-order chi connectivity index (χ0) is 13.4. The third-order valence-corrected chi connectivity index (χ3v) is 6.93. The lowest BCUT2D eigenvalue weighted by Gasteiger charge is -2.28. The van der Waals surface area contributed by atoms with Gasteiger partial charge in [-0.05, 0) is 31.5 Å². The van der Waals surface area contributed by atoms with Crippen molar-refractivity contribution in [2.45, 2.75) is 23.4 Å². The highest BCUT2D eigenvalue weighted by molar-refractivity contribution is 9.09. The summed E-state index contributed by atoms with van der Waals surface area (Å²) in [7, 11) is -3.34. The van der Waals surface area contributed by atoms with Crippen LogP contribution in [0.2, 0.25) is 0 Å².